The van der Waals surface area contributed by atoms with Gasteiger partial charge in [-0.1, -0.05) is 115 Å². The third kappa shape index (κ3) is 39.3. The summed E-state index contributed by atoms with van der Waals surface area (Å²) in [6.45, 7) is 34.5. The van der Waals surface area contributed by atoms with Crippen LogP contribution in [0.1, 0.15) is 115 Å². The Bertz CT molecular complexity index is 573. The van der Waals surface area contributed by atoms with E-state index >= 15 is 0 Å². The number of hydrogen-bond acceptors (Lipinski definition) is 0. The van der Waals surface area contributed by atoms with E-state index < -0.39 is 16.8 Å². The molecule has 0 aromatic heterocycles. The molecular weight excluding hydrogens is 676 g/mol. The molecule has 4 nitrogen and oxygen atoms in total. The molecule has 1 fully saturated rings. The molecule has 1 saturated carbocycles. The van der Waals surface area contributed by atoms with Crippen molar-refractivity contribution in [3.05, 3.63) is 44.2 Å². The third-order valence-electron chi connectivity index (χ3n) is 4.43. The molecule has 0 saturated heterocycles. The zero-order valence-electron chi connectivity index (χ0n) is 28.5. The minimum atomic E-state index is -1.72. The Balaban J connectivity index is -0.000000219. The molecule has 0 N–H and O–H groups in total. The van der Waals surface area contributed by atoms with Gasteiger partial charge in [-0.15, -0.1) is 48.3 Å². The SMILES string of the molecule is C1CCCC1.CC(C)(C)[N-][Si](C)(C)[N-]C(C)(C)C.CC(C)(C)[N-][Si](C)(C)[N-]C(C)(C)C.[Ge].[Ge][CH]1C=CC=C1.[Ni]. The van der Waals surface area contributed by atoms with E-state index in [1.165, 1.54) is 32.1 Å². The second-order valence-corrected chi connectivity index (χ2v) is 23.5. The van der Waals surface area contributed by atoms with E-state index in [4.69, 9.17) is 19.9 Å². The first-order valence-corrected chi connectivity index (χ1v) is 21.2. The maximum absolute atomic E-state index is 4.80. The smallest absolute Gasteiger partial charge is 0 e. The van der Waals surface area contributed by atoms with Gasteiger partial charge in [0.1, 0.15) is 0 Å². The average molecular weight is 740 g/mol. The molecule has 2 aliphatic carbocycles. The summed E-state index contributed by atoms with van der Waals surface area (Å²) in [5.41, 5.74) is 0.184. The van der Waals surface area contributed by atoms with E-state index in [0.29, 0.717) is 4.75 Å². The van der Waals surface area contributed by atoms with Crippen molar-refractivity contribution in [2.75, 3.05) is 0 Å². The molecule has 0 amide bonds. The van der Waals surface area contributed by atoms with Crippen LogP contribution in [0.3, 0.4) is 0 Å². The summed E-state index contributed by atoms with van der Waals surface area (Å²) in [6.07, 6.45) is 16.0. The van der Waals surface area contributed by atoms with Gasteiger partial charge < -0.3 is 19.9 Å². The Labute approximate surface area is 278 Å². The van der Waals surface area contributed by atoms with Crippen molar-refractivity contribution in [2.24, 2.45) is 0 Å². The maximum atomic E-state index is 4.80. The molecule has 2 rings (SSSR count). The molecule has 0 bridgehead atoms. The number of nitrogens with zero attached hydrogens (tertiary/aromatic N) is 4. The van der Waals surface area contributed by atoms with Crippen molar-refractivity contribution in [1.29, 1.82) is 0 Å². The van der Waals surface area contributed by atoms with E-state index in [1.54, 1.807) is 0 Å². The van der Waals surface area contributed by atoms with Crippen LogP contribution in [0, 0.1) is 0 Å². The zero-order chi connectivity index (χ0) is 29.8. The maximum Gasteiger partial charge on any atom is 0 e. The number of rotatable bonds is 4. The van der Waals surface area contributed by atoms with E-state index in [2.05, 4.69) is 150 Å². The molecule has 9 heteroatoms. The molecule has 0 heterocycles. The number of hydrogen-bond donors (Lipinski definition) is 0. The fourth-order valence-corrected chi connectivity index (χ4v) is 11.8. The van der Waals surface area contributed by atoms with Gasteiger partial charge in [-0.3, -0.25) is 0 Å². The molecule has 2 aliphatic rings. The van der Waals surface area contributed by atoms with Crippen molar-refractivity contribution in [2.45, 2.75) is 168 Å². The summed E-state index contributed by atoms with van der Waals surface area (Å²) in [5, 5.41) is 0. The molecule has 0 unspecified atom stereocenters. The Morgan fingerprint density at radius 2 is 0.692 bits per heavy atom. The molecule has 0 atom stereocenters. The second-order valence-electron chi connectivity index (χ2n) is 15.2. The molecule has 0 aromatic rings. The Morgan fingerprint density at radius 3 is 0.795 bits per heavy atom. The summed E-state index contributed by atoms with van der Waals surface area (Å²) in [4.78, 5) is 19.2. The van der Waals surface area contributed by atoms with Crippen LogP contribution in [0.2, 0.25) is 30.9 Å². The van der Waals surface area contributed by atoms with Crippen LogP contribution in [-0.4, -0.2) is 73.1 Å². The zero-order valence-corrected chi connectivity index (χ0v) is 35.7. The molecule has 233 valence electrons. The average Bonchev–Trinajstić information content (AvgIpc) is 3.21. The summed E-state index contributed by atoms with van der Waals surface area (Å²) >= 11 is 2.17. The van der Waals surface area contributed by atoms with Gasteiger partial charge in [-0.2, -0.15) is 16.8 Å². The van der Waals surface area contributed by atoms with Crippen LogP contribution in [0.4, 0.5) is 0 Å². The second kappa shape index (κ2) is 20.3. The first-order chi connectivity index (χ1) is 16.2. The van der Waals surface area contributed by atoms with Crippen LogP contribution in [0.15, 0.2) is 24.3 Å². The molecular formula is C30H63Ge2N4NiSi2-4. The Kier molecular flexibility index (Phi) is 24.6. The normalized spacial score (nSPS) is 16.0. The fraction of sp³-hybridized carbons (Fsp3) is 0.867. The molecule has 0 aromatic carbocycles. The summed E-state index contributed by atoms with van der Waals surface area (Å²) in [7, 11) is -3.45. The van der Waals surface area contributed by atoms with Crippen LogP contribution in [-0.2, 0) is 16.5 Å². The van der Waals surface area contributed by atoms with Gasteiger partial charge >= 0.3 is 45.6 Å². The predicted octanol–water partition coefficient (Wildman–Crippen LogP) is 10.7. The molecule has 0 aliphatic heterocycles. The van der Waals surface area contributed by atoms with E-state index in [-0.39, 0.29) is 56.2 Å². The Hall–Kier alpha value is 1.33. The van der Waals surface area contributed by atoms with Gasteiger partial charge in [0, 0.05) is 34.1 Å². The van der Waals surface area contributed by atoms with Gasteiger partial charge in [-0.25, -0.2) is 0 Å². The van der Waals surface area contributed by atoms with Gasteiger partial charge in [0.15, 0.2) is 0 Å². The quantitative estimate of drug-likeness (QED) is 0.258. The minimum Gasteiger partial charge on any atom is 0 e. The van der Waals surface area contributed by atoms with Gasteiger partial charge in [0.05, 0.1) is 0 Å². The van der Waals surface area contributed by atoms with Crippen LogP contribution in [0.25, 0.3) is 19.9 Å². The monoisotopic (exact) mass is 741 g/mol. The van der Waals surface area contributed by atoms with Gasteiger partial charge in [0.2, 0.25) is 0 Å². The van der Waals surface area contributed by atoms with E-state index in [9.17, 15) is 0 Å². The van der Waals surface area contributed by atoms with Crippen molar-refractivity contribution >= 4 is 50.9 Å². The summed E-state index contributed by atoms with van der Waals surface area (Å²) in [5.74, 6) is 0. The van der Waals surface area contributed by atoms with Gasteiger partial charge in [-0.05, 0) is 0 Å². The first kappa shape index (κ1) is 47.3. The molecule has 0 spiro atoms. The van der Waals surface area contributed by atoms with E-state index in [0.717, 1.165) is 0 Å². The van der Waals surface area contributed by atoms with Crippen molar-refractivity contribution in [3.8, 4) is 0 Å². The minimum absolute atomic E-state index is 0. The molecule has 7 radical (unpaired) electrons. The Morgan fingerprint density at radius 1 is 0.513 bits per heavy atom. The summed E-state index contributed by atoms with van der Waals surface area (Å²) in [6, 6.07) is 0. The topological polar surface area (TPSA) is 56.4 Å². The molecule has 39 heavy (non-hydrogen) atoms. The predicted molar refractivity (Wildman–Crippen MR) is 184 cm³/mol. The van der Waals surface area contributed by atoms with Crippen molar-refractivity contribution in [3.63, 3.8) is 0 Å². The van der Waals surface area contributed by atoms with Crippen molar-refractivity contribution in [1.82, 2.24) is 0 Å². The van der Waals surface area contributed by atoms with Crippen molar-refractivity contribution < 1.29 is 16.5 Å². The number of allylic oxidation sites excluding steroid dienone is 4. The van der Waals surface area contributed by atoms with Gasteiger partial charge in [0.25, 0.3) is 0 Å². The van der Waals surface area contributed by atoms with Crippen LogP contribution >= 0.6 is 0 Å². The first-order valence-electron chi connectivity index (χ1n) is 14.2. The van der Waals surface area contributed by atoms with E-state index in [1.807, 2.05) is 0 Å². The van der Waals surface area contributed by atoms with Crippen LogP contribution < -0.4 is 0 Å². The summed E-state index contributed by atoms with van der Waals surface area (Å²) < 4.78 is 0.685. The largest absolute Gasteiger partial charge is 0 e. The standard InChI is InChI=1S/2C10H24N2Si.C5H5Ge.C5H10.Ge.Ni/c2*1-9(2,3)11-13(7,8)12-10(4,5)6;6-5-3-1-2-4-5;1-2-4-5-3-1;;/h2*1-8H3;1-5H;1-5H2;;/q2*-2;;;;. The van der Waals surface area contributed by atoms with Crippen LogP contribution in [0.5, 0.6) is 0 Å². The fourth-order valence-electron chi connectivity index (χ4n) is 4.65. The third-order valence-corrected chi connectivity index (χ3v) is 10.1.